The summed E-state index contributed by atoms with van der Waals surface area (Å²) >= 11 is 0. The molecule has 0 saturated carbocycles. The van der Waals surface area contributed by atoms with Crippen molar-refractivity contribution in [3.05, 3.63) is 157 Å². The van der Waals surface area contributed by atoms with Gasteiger partial charge in [-0.3, -0.25) is 9.89 Å². The van der Waals surface area contributed by atoms with E-state index in [4.69, 9.17) is 4.99 Å². The average Bonchev–Trinajstić information content (AvgIpc) is 3.44. The van der Waals surface area contributed by atoms with Gasteiger partial charge in [-0.05, 0) is 58.3 Å². The predicted molar refractivity (Wildman–Crippen MR) is 189 cm³/mol. The van der Waals surface area contributed by atoms with Gasteiger partial charge in [-0.25, -0.2) is 0 Å². The van der Waals surface area contributed by atoms with Crippen molar-refractivity contribution >= 4 is 35.4 Å². The Morgan fingerprint density at radius 1 is 0.659 bits per heavy atom. The van der Waals surface area contributed by atoms with Crippen LogP contribution in [0.3, 0.4) is 0 Å². The second-order valence-corrected chi connectivity index (χ2v) is 16.9. The van der Waals surface area contributed by atoms with Crippen molar-refractivity contribution in [1.82, 2.24) is 4.90 Å². The van der Waals surface area contributed by atoms with Gasteiger partial charge in [0.1, 0.15) is 0 Å². The molecule has 2 heterocycles. The van der Waals surface area contributed by atoms with Crippen LogP contribution in [0, 0.1) is 11.8 Å². The first-order valence-electron chi connectivity index (χ1n) is 16.4. The lowest BCUT2D eigenvalue weighted by molar-refractivity contribution is 0.198. The van der Waals surface area contributed by atoms with Gasteiger partial charge in [0, 0.05) is 30.3 Å². The number of hydrogen-bond acceptors (Lipinski definition) is 2. The highest BCUT2D eigenvalue weighted by atomic mass is 28.3. The molecule has 0 N–H and O–H groups in total. The lowest BCUT2D eigenvalue weighted by Crippen LogP contribution is -2.74. The molecule has 5 aliphatic rings. The van der Waals surface area contributed by atoms with Crippen LogP contribution in [0.1, 0.15) is 31.2 Å². The summed E-state index contributed by atoms with van der Waals surface area (Å²) < 4.78 is 0. The molecule has 0 spiro atoms. The molecule has 8 rings (SSSR count). The van der Waals surface area contributed by atoms with Crippen molar-refractivity contribution in [2.45, 2.75) is 49.5 Å². The lowest BCUT2D eigenvalue weighted by Gasteiger charge is -2.43. The molecule has 1 saturated heterocycles. The average molecular weight is 589 g/mol. The molecule has 0 amide bonds. The summed E-state index contributed by atoms with van der Waals surface area (Å²) in [5.41, 5.74) is 2.85. The van der Waals surface area contributed by atoms with Gasteiger partial charge in [-0.15, -0.1) is 0 Å². The number of rotatable bonds is 6. The van der Waals surface area contributed by atoms with Crippen molar-refractivity contribution in [3.63, 3.8) is 0 Å². The first kappa shape index (κ1) is 27.5. The molecule has 0 radical (unpaired) electrons. The second-order valence-electron chi connectivity index (χ2n) is 12.9. The van der Waals surface area contributed by atoms with Gasteiger partial charge in [-0.1, -0.05) is 152 Å². The fourth-order valence-electron chi connectivity index (χ4n) is 8.70. The Hall–Kier alpha value is -4.05. The summed E-state index contributed by atoms with van der Waals surface area (Å²) in [5.74, 6) is 1.03. The number of hydrogen-bond donors (Lipinski definition) is 0. The van der Waals surface area contributed by atoms with E-state index < -0.39 is 8.07 Å². The van der Waals surface area contributed by atoms with Gasteiger partial charge in [0.2, 0.25) is 0 Å². The van der Waals surface area contributed by atoms with Crippen molar-refractivity contribution in [3.8, 4) is 0 Å². The number of allylic oxidation sites excluding steroid dienone is 8. The maximum atomic E-state index is 5.67. The van der Waals surface area contributed by atoms with Crippen molar-refractivity contribution in [1.29, 1.82) is 0 Å². The molecule has 44 heavy (non-hydrogen) atoms. The summed E-state index contributed by atoms with van der Waals surface area (Å²) in [6.07, 6.45) is 32.4. The molecule has 0 aromatic heterocycles. The van der Waals surface area contributed by atoms with Crippen LogP contribution < -0.4 is 15.6 Å². The van der Waals surface area contributed by atoms with E-state index in [2.05, 4.69) is 163 Å². The molecule has 3 aromatic rings. The number of likely N-dealkylation sites (tertiary alicyclic amines) is 1. The number of benzene rings is 3. The van der Waals surface area contributed by atoms with Crippen LogP contribution in [-0.2, 0) is 0 Å². The third kappa shape index (κ3) is 4.61. The molecule has 218 valence electrons. The maximum absolute atomic E-state index is 5.67. The van der Waals surface area contributed by atoms with E-state index in [0.717, 1.165) is 25.7 Å². The van der Waals surface area contributed by atoms with Crippen LogP contribution >= 0.6 is 0 Å². The van der Waals surface area contributed by atoms with Gasteiger partial charge in [0.05, 0.1) is 5.67 Å². The predicted octanol–water partition coefficient (Wildman–Crippen LogP) is 6.57. The Bertz CT molecular complexity index is 1650. The van der Waals surface area contributed by atoms with E-state index in [1.54, 1.807) is 0 Å². The molecule has 3 aromatic carbocycles. The van der Waals surface area contributed by atoms with Crippen molar-refractivity contribution in [2.24, 2.45) is 16.8 Å². The first-order valence-corrected chi connectivity index (χ1v) is 18.5. The van der Waals surface area contributed by atoms with Crippen LogP contribution in [-0.4, -0.2) is 43.0 Å². The zero-order valence-electron chi connectivity index (χ0n) is 25.2. The normalized spacial score (nSPS) is 29.0. The number of fused-ring (bicyclic) bond motifs is 3. The van der Waals surface area contributed by atoms with E-state index >= 15 is 0 Å². The minimum Gasteiger partial charge on any atom is -0.295 e. The van der Waals surface area contributed by atoms with Gasteiger partial charge >= 0.3 is 0 Å². The third-order valence-electron chi connectivity index (χ3n) is 10.7. The maximum Gasteiger partial charge on any atom is 0.173 e. The van der Waals surface area contributed by atoms with Crippen LogP contribution in [0.25, 0.3) is 5.57 Å². The van der Waals surface area contributed by atoms with Crippen LogP contribution in [0.2, 0.25) is 0 Å². The largest absolute Gasteiger partial charge is 0.295 e. The Kier molecular flexibility index (Phi) is 7.37. The second kappa shape index (κ2) is 11.8. The highest BCUT2D eigenvalue weighted by molar-refractivity contribution is 7.12. The highest BCUT2D eigenvalue weighted by Gasteiger charge is 2.55. The van der Waals surface area contributed by atoms with E-state index in [1.807, 2.05) is 0 Å². The van der Waals surface area contributed by atoms with E-state index in [0.29, 0.717) is 30.0 Å². The smallest absolute Gasteiger partial charge is 0.173 e. The van der Waals surface area contributed by atoms with Crippen molar-refractivity contribution in [2.75, 3.05) is 0 Å². The standard InChI is InChI=1S/C41H40N2Si/c1-5-15-31(16-6-1)32-25-27-36(28-26-32)44(34-19-9-3-10-20-34,35-21-11-4-12-22-35)41-29-38-37-23-13-14-24-39(37)43(40(38)30-42-41)33-17-7-2-8-18-33/h2-5,7-17,19-28,30,33,37-41H,1,6,18,29H2. The molecule has 0 bridgehead atoms. The molecule has 2 aliphatic heterocycles. The fourth-order valence-corrected chi connectivity index (χ4v) is 13.9. The van der Waals surface area contributed by atoms with Crippen LogP contribution in [0.5, 0.6) is 0 Å². The quantitative estimate of drug-likeness (QED) is 0.235. The SMILES string of the molecule is C1=CCC(N2C3C=CC=CC3C3CC([Si](c4ccccc4)(c4ccccc4)c4ccc(C5=CCCC=C5)cc4)N=CC32)C=C1. The van der Waals surface area contributed by atoms with Gasteiger partial charge in [0.25, 0.3) is 0 Å². The summed E-state index contributed by atoms with van der Waals surface area (Å²) in [4.78, 5) is 8.44. The summed E-state index contributed by atoms with van der Waals surface area (Å²) in [6, 6.07) is 33.6. The molecular formula is C41H40N2Si. The van der Waals surface area contributed by atoms with E-state index in [-0.39, 0.29) is 5.67 Å². The minimum absolute atomic E-state index is 0.204. The lowest BCUT2D eigenvalue weighted by atomic mass is 9.82. The van der Waals surface area contributed by atoms with Crippen molar-refractivity contribution < 1.29 is 0 Å². The zero-order chi connectivity index (χ0) is 29.3. The molecule has 6 atom stereocenters. The minimum atomic E-state index is -2.59. The van der Waals surface area contributed by atoms with Crippen LogP contribution in [0.15, 0.2) is 157 Å². The summed E-state index contributed by atoms with van der Waals surface area (Å²) in [7, 11) is -2.59. The molecular weight excluding hydrogens is 549 g/mol. The van der Waals surface area contributed by atoms with E-state index in [9.17, 15) is 0 Å². The van der Waals surface area contributed by atoms with Gasteiger partial charge in [0.15, 0.2) is 8.07 Å². The first-order chi connectivity index (χ1) is 21.8. The van der Waals surface area contributed by atoms with E-state index in [1.165, 1.54) is 26.7 Å². The molecule has 1 fully saturated rings. The molecule has 3 heteroatoms. The Morgan fingerprint density at radius 3 is 2.05 bits per heavy atom. The fraction of sp³-hybridized carbons (Fsp3) is 0.244. The Labute approximate surface area is 263 Å². The number of nitrogens with zero attached hydrogens (tertiary/aromatic N) is 2. The summed E-state index contributed by atoms with van der Waals surface area (Å²) in [6.45, 7) is 0. The Morgan fingerprint density at radius 2 is 1.36 bits per heavy atom. The number of aliphatic imine (C=N–C) groups is 1. The monoisotopic (exact) mass is 588 g/mol. The van der Waals surface area contributed by atoms with Crippen LogP contribution in [0.4, 0.5) is 0 Å². The highest BCUT2D eigenvalue weighted by Crippen LogP contribution is 2.45. The topological polar surface area (TPSA) is 15.6 Å². The van der Waals surface area contributed by atoms with Gasteiger partial charge < -0.3 is 0 Å². The molecule has 2 nitrogen and oxygen atoms in total. The summed E-state index contributed by atoms with van der Waals surface area (Å²) in [5, 5.41) is 4.34. The Balaban J connectivity index is 1.27. The molecule has 6 unspecified atom stereocenters. The van der Waals surface area contributed by atoms with Gasteiger partial charge in [-0.2, -0.15) is 0 Å². The third-order valence-corrected chi connectivity index (χ3v) is 15.8. The zero-order valence-corrected chi connectivity index (χ0v) is 26.2. The molecule has 3 aliphatic carbocycles.